The van der Waals surface area contributed by atoms with Gasteiger partial charge < -0.3 is 15.1 Å². The summed E-state index contributed by atoms with van der Waals surface area (Å²) in [6, 6.07) is 1.83. The van der Waals surface area contributed by atoms with Gasteiger partial charge in [0.1, 0.15) is 0 Å². The lowest BCUT2D eigenvalue weighted by Gasteiger charge is -2.31. The molecule has 2 N–H and O–H groups in total. The van der Waals surface area contributed by atoms with E-state index in [4.69, 9.17) is 10.2 Å². The van der Waals surface area contributed by atoms with Crippen molar-refractivity contribution in [3.05, 3.63) is 23.7 Å². The zero-order valence-electron chi connectivity index (χ0n) is 10.3. The third kappa shape index (κ3) is 2.69. The highest BCUT2D eigenvalue weighted by molar-refractivity contribution is 5.92. The van der Waals surface area contributed by atoms with Gasteiger partial charge in [0.25, 0.3) is 5.91 Å². The van der Waals surface area contributed by atoms with Gasteiger partial charge in [-0.25, -0.2) is 0 Å². The Morgan fingerprint density at radius 3 is 2.76 bits per heavy atom. The Bertz CT molecular complexity index is 379. The smallest absolute Gasteiger partial charge is 0.289 e. The maximum Gasteiger partial charge on any atom is 0.289 e. The number of nitrogens with two attached hydrogens (primary N) is 1. The van der Waals surface area contributed by atoms with Crippen LogP contribution in [-0.2, 0) is 0 Å². The minimum Gasteiger partial charge on any atom is -0.459 e. The summed E-state index contributed by atoms with van der Waals surface area (Å²) >= 11 is 0. The number of amides is 1. The Morgan fingerprint density at radius 1 is 1.53 bits per heavy atom. The Hall–Kier alpha value is -1.29. The number of furan rings is 1. The van der Waals surface area contributed by atoms with Crippen LogP contribution in [0.4, 0.5) is 0 Å². The van der Waals surface area contributed by atoms with Crippen LogP contribution in [0, 0.1) is 12.8 Å². The summed E-state index contributed by atoms with van der Waals surface area (Å²) in [5, 5.41) is 0. The molecule has 1 aliphatic rings. The largest absolute Gasteiger partial charge is 0.459 e. The van der Waals surface area contributed by atoms with E-state index in [0.717, 1.165) is 44.5 Å². The van der Waals surface area contributed by atoms with Crippen molar-refractivity contribution >= 4 is 5.91 Å². The third-order valence-corrected chi connectivity index (χ3v) is 3.53. The van der Waals surface area contributed by atoms with Crippen molar-refractivity contribution in [3.8, 4) is 0 Å². The molecule has 2 heterocycles. The predicted molar refractivity (Wildman–Crippen MR) is 65.7 cm³/mol. The van der Waals surface area contributed by atoms with Gasteiger partial charge in [-0.3, -0.25) is 4.79 Å². The molecule has 1 amide bonds. The fourth-order valence-electron chi connectivity index (χ4n) is 2.40. The first-order valence-electron chi connectivity index (χ1n) is 6.26. The Balaban J connectivity index is 1.93. The molecule has 1 saturated heterocycles. The second-order valence-electron chi connectivity index (χ2n) is 4.75. The number of hydrogen-bond donors (Lipinski definition) is 1. The molecule has 0 spiro atoms. The molecule has 0 bridgehead atoms. The average Bonchev–Trinajstić information content (AvgIpc) is 2.76. The van der Waals surface area contributed by atoms with E-state index in [2.05, 4.69) is 0 Å². The van der Waals surface area contributed by atoms with Gasteiger partial charge in [0.2, 0.25) is 0 Å². The molecular formula is C13H20N2O2. The van der Waals surface area contributed by atoms with Crippen LogP contribution < -0.4 is 5.73 Å². The SMILES string of the molecule is Cc1ccoc1C(=O)N1CCC(CCN)CC1. The molecule has 17 heavy (non-hydrogen) atoms. The second kappa shape index (κ2) is 5.36. The summed E-state index contributed by atoms with van der Waals surface area (Å²) in [5.41, 5.74) is 6.47. The van der Waals surface area contributed by atoms with Crippen molar-refractivity contribution in [2.45, 2.75) is 26.2 Å². The number of carbonyl (C=O) groups is 1. The van der Waals surface area contributed by atoms with E-state index in [1.165, 1.54) is 0 Å². The third-order valence-electron chi connectivity index (χ3n) is 3.53. The molecule has 0 saturated carbocycles. The van der Waals surface area contributed by atoms with Gasteiger partial charge in [-0.1, -0.05) is 0 Å². The molecule has 0 unspecified atom stereocenters. The van der Waals surface area contributed by atoms with E-state index in [1.54, 1.807) is 6.26 Å². The van der Waals surface area contributed by atoms with Gasteiger partial charge in [0.15, 0.2) is 5.76 Å². The number of piperidine rings is 1. The van der Waals surface area contributed by atoms with Crippen LogP contribution in [-0.4, -0.2) is 30.4 Å². The summed E-state index contributed by atoms with van der Waals surface area (Å²) in [5.74, 6) is 1.20. The summed E-state index contributed by atoms with van der Waals surface area (Å²) in [6.45, 7) is 4.29. The number of rotatable bonds is 3. The minimum atomic E-state index is 0.0266. The molecule has 4 nitrogen and oxygen atoms in total. The van der Waals surface area contributed by atoms with E-state index in [0.29, 0.717) is 11.7 Å². The van der Waals surface area contributed by atoms with E-state index < -0.39 is 0 Å². The number of likely N-dealkylation sites (tertiary alicyclic amines) is 1. The van der Waals surface area contributed by atoms with Crippen LogP contribution in [0.3, 0.4) is 0 Å². The van der Waals surface area contributed by atoms with Crippen molar-refractivity contribution in [1.29, 1.82) is 0 Å². The number of carbonyl (C=O) groups excluding carboxylic acids is 1. The highest BCUT2D eigenvalue weighted by Gasteiger charge is 2.25. The van der Waals surface area contributed by atoms with Crippen molar-refractivity contribution < 1.29 is 9.21 Å². The van der Waals surface area contributed by atoms with E-state index >= 15 is 0 Å². The van der Waals surface area contributed by atoms with Crippen molar-refractivity contribution in [2.24, 2.45) is 11.7 Å². The maximum absolute atomic E-state index is 12.2. The van der Waals surface area contributed by atoms with E-state index in [9.17, 15) is 4.79 Å². The molecule has 0 radical (unpaired) electrons. The first kappa shape index (κ1) is 12.2. The van der Waals surface area contributed by atoms with Gasteiger partial charge >= 0.3 is 0 Å². The molecule has 94 valence electrons. The molecule has 1 fully saturated rings. The van der Waals surface area contributed by atoms with Crippen LogP contribution in [0.5, 0.6) is 0 Å². The van der Waals surface area contributed by atoms with Crippen LogP contribution >= 0.6 is 0 Å². The van der Waals surface area contributed by atoms with Crippen molar-refractivity contribution in [3.63, 3.8) is 0 Å². The Kier molecular flexibility index (Phi) is 3.84. The number of nitrogens with zero attached hydrogens (tertiary/aromatic N) is 1. The maximum atomic E-state index is 12.2. The van der Waals surface area contributed by atoms with Crippen molar-refractivity contribution in [2.75, 3.05) is 19.6 Å². The van der Waals surface area contributed by atoms with Gasteiger partial charge in [-0.2, -0.15) is 0 Å². The first-order chi connectivity index (χ1) is 8.22. The lowest BCUT2D eigenvalue weighted by Crippen LogP contribution is -2.38. The molecule has 0 aromatic carbocycles. The zero-order chi connectivity index (χ0) is 12.3. The number of aryl methyl sites for hydroxylation is 1. The van der Waals surface area contributed by atoms with Crippen LogP contribution in [0.2, 0.25) is 0 Å². The molecular weight excluding hydrogens is 216 g/mol. The van der Waals surface area contributed by atoms with Gasteiger partial charge in [0, 0.05) is 18.7 Å². The summed E-state index contributed by atoms with van der Waals surface area (Å²) in [6.07, 6.45) is 4.76. The Labute approximate surface area is 102 Å². The normalized spacial score (nSPS) is 17.4. The Morgan fingerprint density at radius 2 is 2.24 bits per heavy atom. The quantitative estimate of drug-likeness (QED) is 0.870. The molecule has 2 rings (SSSR count). The second-order valence-corrected chi connectivity index (χ2v) is 4.75. The van der Waals surface area contributed by atoms with Crippen LogP contribution in [0.1, 0.15) is 35.4 Å². The molecule has 0 aliphatic carbocycles. The van der Waals surface area contributed by atoms with Gasteiger partial charge in [0.05, 0.1) is 6.26 Å². The highest BCUT2D eigenvalue weighted by Crippen LogP contribution is 2.22. The summed E-state index contributed by atoms with van der Waals surface area (Å²) < 4.78 is 5.24. The standard InChI is InChI=1S/C13H20N2O2/c1-10-5-9-17-12(10)13(16)15-7-3-11(2-6-14)4-8-15/h5,9,11H,2-4,6-8,14H2,1H3. The van der Waals surface area contributed by atoms with E-state index in [1.807, 2.05) is 17.9 Å². The predicted octanol–water partition coefficient (Wildman–Crippen LogP) is 1.79. The van der Waals surface area contributed by atoms with Gasteiger partial charge in [-0.15, -0.1) is 0 Å². The lowest BCUT2D eigenvalue weighted by molar-refractivity contribution is 0.0655. The lowest BCUT2D eigenvalue weighted by atomic mass is 9.93. The first-order valence-corrected chi connectivity index (χ1v) is 6.26. The fraction of sp³-hybridized carbons (Fsp3) is 0.615. The monoisotopic (exact) mass is 236 g/mol. The summed E-state index contributed by atoms with van der Waals surface area (Å²) in [7, 11) is 0. The van der Waals surface area contributed by atoms with Crippen LogP contribution in [0.25, 0.3) is 0 Å². The minimum absolute atomic E-state index is 0.0266. The van der Waals surface area contributed by atoms with Gasteiger partial charge in [-0.05, 0) is 44.7 Å². The molecule has 1 aromatic heterocycles. The molecule has 1 aromatic rings. The average molecular weight is 236 g/mol. The van der Waals surface area contributed by atoms with Crippen molar-refractivity contribution in [1.82, 2.24) is 4.90 Å². The highest BCUT2D eigenvalue weighted by atomic mass is 16.3. The summed E-state index contributed by atoms with van der Waals surface area (Å²) in [4.78, 5) is 14.0. The zero-order valence-corrected chi connectivity index (χ0v) is 10.3. The van der Waals surface area contributed by atoms with Crippen LogP contribution in [0.15, 0.2) is 16.7 Å². The fourth-order valence-corrected chi connectivity index (χ4v) is 2.40. The molecule has 4 heteroatoms. The molecule has 1 aliphatic heterocycles. The number of hydrogen-bond acceptors (Lipinski definition) is 3. The molecule has 0 atom stereocenters. The van der Waals surface area contributed by atoms with E-state index in [-0.39, 0.29) is 5.91 Å². The topological polar surface area (TPSA) is 59.5 Å².